The van der Waals surface area contributed by atoms with E-state index in [-0.39, 0.29) is 25.4 Å². The Hall–Kier alpha value is -1.21. The summed E-state index contributed by atoms with van der Waals surface area (Å²) < 4.78 is 13.2. The molecule has 0 radical (unpaired) electrons. The monoisotopic (exact) mass is 237 g/mol. The Morgan fingerprint density at radius 1 is 1.73 bits per heavy atom. The summed E-state index contributed by atoms with van der Waals surface area (Å²) in [5.74, 6) is -1.09. The third-order valence-electron chi connectivity index (χ3n) is 1.65. The number of hydrogen-bond donors (Lipinski definition) is 2. The first-order valence-electron chi connectivity index (χ1n) is 4.07. The van der Waals surface area contributed by atoms with Gasteiger partial charge in [0.2, 0.25) is 0 Å². The summed E-state index contributed by atoms with van der Waals surface area (Å²) in [6.07, 6.45) is 1.59. The fourth-order valence-electron chi connectivity index (χ4n) is 0.941. The van der Waals surface area contributed by atoms with E-state index in [1.807, 2.05) is 0 Å². The van der Waals surface area contributed by atoms with Gasteiger partial charge in [-0.15, -0.1) is 17.5 Å². The van der Waals surface area contributed by atoms with Crippen molar-refractivity contribution < 1.29 is 14.3 Å². The number of halogens is 2. The molecule has 8 heteroatoms. The summed E-state index contributed by atoms with van der Waals surface area (Å²) in [5, 5.41) is 15.8. The second kappa shape index (κ2) is 6.31. The summed E-state index contributed by atoms with van der Waals surface area (Å²) in [6.45, 7) is -0.414. The SMILES string of the molecule is Cl.NC(Cc1cn(CC[18F])nn1)C(=O)O. The van der Waals surface area contributed by atoms with Crippen molar-refractivity contribution in [2.24, 2.45) is 5.73 Å². The maximum atomic E-state index is 11.9. The topological polar surface area (TPSA) is 94.0 Å². The fourth-order valence-corrected chi connectivity index (χ4v) is 0.941. The van der Waals surface area contributed by atoms with Crippen LogP contribution in [0.1, 0.15) is 5.69 Å². The Labute approximate surface area is 91.7 Å². The van der Waals surface area contributed by atoms with Crippen LogP contribution in [-0.2, 0) is 17.8 Å². The molecule has 0 saturated heterocycles. The van der Waals surface area contributed by atoms with Gasteiger partial charge in [0.15, 0.2) is 0 Å². The number of aryl methyl sites for hydroxylation is 1. The summed E-state index contributed by atoms with van der Waals surface area (Å²) >= 11 is 0. The van der Waals surface area contributed by atoms with Gasteiger partial charge in [-0.05, 0) is 0 Å². The zero-order valence-electron chi connectivity index (χ0n) is 7.84. The average Bonchev–Trinajstić information content (AvgIpc) is 2.53. The number of aliphatic carboxylic acids is 1. The van der Waals surface area contributed by atoms with E-state index in [2.05, 4.69) is 10.3 Å². The smallest absolute Gasteiger partial charge is 0.320 e. The molecule has 1 aromatic rings. The van der Waals surface area contributed by atoms with Crippen molar-refractivity contribution in [1.82, 2.24) is 15.0 Å². The predicted octanol–water partition coefficient (Wildman–Crippen LogP) is -0.376. The van der Waals surface area contributed by atoms with Crippen LogP contribution < -0.4 is 5.73 Å². The number of aromatic nitrogens is 3. The molecule has 1 heterocycles. The lowest BCUT2D eigenvalue weighted by Gasteiger charge is -2.01. The van der Waals surface area contributed by atoms with Crippen molar-refractivity contribution in [1.29, 1.82) is 0 Å². The molecule has 0 saturated carbocycles. The molecule has 15 heavy (non-hydrogen) atoms. The lowest BCUT2D eigenvalue weighted by Crippen LogP contribution is -2.32. The Kier molecular flexibility index (Phi) is 5.80. The first kappa shape index (κ1) is 13.8. The van der Waals surface area contributed by atoms with Crippen molar-refractivity contribution in [2.75, 3.05) is 6.67 Å². The quantitative estimate of drug-likeness (QED) is 0.728. The van der Waals surface area contributed by atoms with Crippen LogP contribution in [0, 0.1) is 0 Å². The molecule has 3 N–H and O–H groups in total. The summed E-state index contributed by atoms with van der Waals surface area (Å²) in [4.78, 5) is 10.4. The number of nitrogens with zero attached hydrogens (tertiary/aromatic N) is 3. The minimum absolute atomic E-state index is 0. The van der Waals surface area contributed by atoms with E-state index in [4.69, 9.17) is 10.8 Å². The molecule has 0 aliphatic carbocycles. The third-order valence-corrected chi connectivity index (χ3v) is 1.65. The number of rotatable bonds is 5. The highest BCUT2D eigenvalue weighted by atomic mass is 35.5. The minimum atomic E-state index is -1.09. The van der Waals surface area contributed by atoms with Gasteiger partial charge in [0.1, 0.15) is 12.7 Å². The van der Waals surface area contributed by atoms with Crippen molar-refractivity contribution in [3.8, 4) is 0 Å². The second-order valence-corrected chi connectivity index (χ2v) is 2.81. The van der Waals surface area contributed by atoms with Crippen LogP contribution in [0.15, 0.2) is 6.20 Å². The Bertz CT molecular complexity index is 320. The Balaban J connectivity index is 0.00000196. The summed E-state index contributed by atoms with van der Waals surface area (Å²) in [5.41, 5.74) is 5.73. The van der Waals surface area contributed by atoms with Crippen LogP contribution in [0.4, 0.5) is 4.39 Å². The maximum absolute atomic E-state index is 11.9. The molecule has 6 nitrogen and oxygen atoms in total. The van der Waals surface area contributed by atoms with Gasteiger partial charge in [-0.2, -0.15) is 0 Å². The first-order valence-corrected chi connectivity index (χ1v) is 4.07. The molecule has 0 aliphatic heterocycles. The maximum Gasteiger partial charge on any atom is 0.320 e. The highest BCUT2D eigenvalue weighted by molar-refractivity contribution is 5.85. The minimum Gasteiger partial charge on any atom is -0.480 e. The number of alkyl halides is 1. The predicted molar refractivity (Wildman–Crippen MR) is 52.6 cm³/mol. The molecule has 0 fully saturated rings. The molecule has 1 atom stereocenters. The van der Waals surface area contributed by atoms with Crippen LogP contribution >= 0.6 is 12.4 Å². The number of nitrogens with two attached hydrogens (primary N) is 1. The molecule has 86 valence electrons. The van der Waals surface area contributed by atoms with Crippen LogP contribution in [0.25, 0.3) is 0 Å². The molecule has 0 aromatic carbocycles. The molecular formula is C7H12ClFN4O2. The molecule has 0 amide bonds. The van der Waals surface area contributed by atoms with E-state index in [1.54, 1.807) is 0 Å². The third kappa shape index (κ3) is 4.22. The highest BCUT2D eigenvalue weighted by Crippen LogP contribution is 1.97. The highest BCUT2D eigenvalue weighted by Gasteiger charge is 2.14. The molecule has 1 rings (SSSR count). The van der Waals surface area contributed by atoms with Crippen molar-refractivity contribution >= 4 is 18.4 Å². The van der Waals surface area contributed by atoms with Gasteiger partial charge in [0.05, 0.1) is 12.2 Å². The van der Waals surface area contributed by atoms with Gasteiger partial charge in [0, 0.05) is 12.6 Å². The molecule has 0 aliphatic rings. The van der Waals surface area contributed by atoms with Gasteiger partial charge >= 0.3 is 5.97 Å². The normalized spacial score (nSPS) is 11.9. The van der Waals surface area contributed by atoms with E-state index >= 15 is 0 Å². The van der Waals surface area contributed by atoms with Crippen LogP contribution in [-0.4, -0.2) is 38.8 Å². The lowest BCUT2D eigenvalue weighted by molar-refractivity contribution is -0.138. The molecular weight excluding hydrogens is 226 g/mol. The number of carbonyl (C=O) groups is 1. The largest absolute Gasteiger partial charge is 0.480 e. The number of hydrogen-bond acceptors (Lipinski definition) is 4. The second-order valence-electron chi connectivity index (χ2n) is 2.81. The van der Waals surface area contributed by atoms with Gasteiger partial charge in [-0.25, -0.2) is 9.07 Å². The van der Waals surface area contributed by atoms with Gasteiger partial charge in [0.25, 0.3) is 0 Å². The average molecular weight is 238 g/mol. The van der Waals surface area contributed by atoms with Crippen LogP contribution in [0.3, 0.4) is 0 Å². The molecule has 0 spiro atoms. The fraction of sp³-hybridized carbons (Fsp3) is 0.571. The first-order chi connectivity index (χ1) is 6.63. The molecule has 0 bridgehead atoms. The van der Waals surface area contributed by atoms with E-state index in [0.29, 0.717) is 5.69 Å². The zero-order valence-corrected chi connectivity index (χ0v) is 8.65. The van der Waals surface area contributed by atoms with Gasteiger partial charge < -0.3 is 10.8 Å². The van der Waals surface area contributed by atoms with Crippen molar-refractivity contribution in [3.05, 3.63) is 11.9 Å². The zero-order chi connectivity index (χ0) is 10.6. The van der Waals surface area contributed by atoms with E-state index in [0.717, 1.165) is 0 Å². The summed E-state index contributed by atoms with van der Waals surface area (Å²) in [6, 6.07) is -0.995. The van der Waals surface area contributed by atoms with Crippen LogP contribution in [0.2, 0.25) is 0 Å². The van der Waals surface area contributed by atoms with E-state index < -0.39 is 18.7 Å². The Morgan fingerprint density at radius 2 is 2.40 bits per heavy atom. The van der Waals surface area contributed by atoms with Crippen molar-refractivity contribution in [2.45, 2.75) is 19.0 Å². The lowest BCUT2D eigenvalue weighted by atomic mass is 10.2. The molecule has 1 aromatic heterocycles. The standard InChI is InChI=1S/C7H11FN4O2.ClH/c8-1-2-12-4-5(10-11-12)3-6(9)7(13)14;/h4,6H,1-3,9H2,(H,13,14);1H/i8-1;. The van der Waals surface area contributed by atoms with Gasteiger partial charge in [-0.1, -0.05) is 5.21 Å². The summed E-state index contributed by atoms with van der Waals surface area (Å²) in [7, 11) is 0. The van der Waals surface area contributed by atoms with E-state index in [1.165, 1.54) is 10.9 Å². The Morgan fingerprint density at radius 3 is 2.93 bits per heavy atom. The van der Waals surface area contributed by atoms with Crippen LogP contribution in [0.5, 0.6) is 0 Å². The van der Waals surface area contributed by atoms with E-state index in [9.17, 15) is 9.18 Å². The van der Waals surface area contributed by atoms with Gasteiger partial charge in [-0.3, -0.25) is 4.79 Å². The molecule has 1 unspecified atom stereocenters. The van der Waals surface area contributed by atoms with Crippen molar-refractivity contribution in [3.63, 3.8) is 0 Å². The number of carboxylic acid groups (broad SMARTS) is 1. The number of carboxylic acids is 1.